The largest absolute Gasteiger partial charge is 0.317 e. The third kappa shape index (κ3) is 7.22. The lowest BCUT2D eigenvalue weighted by Gasteiger charge is -2.15. The molecule has 68 valence electrons. The fraction of sp³-hybridized carbons (Fsp3) is 0.625. The van der Waals surface area contributed by atoms with Crippen molar-refractivity contribution in [2.75, 3.05) is 20.6 Å². The summed E-state index contributed by atoms with van der Waals surface area (Å²) in [6, 6.07) is -0.283. The third-order valence-corrected chi connectivity index (χ3v) is 1.13. The van der Waals surface area contributed by atoms with E-state index < -0.39 is 0 Å². The van der Waals surface area contributed by atoms with Crippen LogP contribution in [0.4, 0.5) is 0 Å². The summed E-state index contributed by atoms with van der Waals surface area (Å²) in [6.45, 7) is 0.353. The Bertz CT molecular complexity index is 197. The van der Waals surface area contributed by atoms with Gasteiger partial charge in [0.15, 0.2) is 6.54 Å². The standard InChI is InChI=1S/C8H16N3O/c1-11(2,12)7-3-4-8(10)5-6-9/h6,8-9,12H,5,7,10H2,1-2H3/q+1. The molecule has 0 aliphatic heterocycles. The van der Waals surface area contributed by atoms with E-state index in [9.17, 15) is 5.21 Å². The maximum Gasteiger partial charge on any atom is 0.169 e. The molecule has 1 unspecified atom stereocenters. The maximum atomic E-state index is 9.21. The van der Waals surface area contributed by atoms with E-state index in [1.165, 1.54) is 6.21 Å². The van der Waals surface area contributed by atoms with E-state index in [0.29, 0.717) is 13.0 Å². The highest BCUT2D eigenvalue weighted by Gasteiger charge is 2.06. The number of nitrogens with one attached hydrogen (secondary N) is 1. The predicted octanol–water partition coefficient (Wildman–Crippen LogP) is -0.178. The molecule has 0 aromatic rings. The topological polar surface area (TPSA) is 70.1 Å². The van der Waals surface area contributed by atoms with Crippen LogP contribution in [0.5, 0.6) is 0 Å². The van der Waals surface area contributed by atoms with Crippen molar-refractivity contribution in [1.29, 1.82) is 5.41 Å². The SMILES string of the molecule is C[N+](C)(O)CC#CC(N)CC=N. The number of rotatable bonds is 3. The first-order chi connectivity index (χ1) is 5.45. The maximum absolute atomic E-state index is 9.21. The molecule has 0 spiro atoms. The summed E-state index contributed by atoms with van der Waals surface area (Å²) in [5.41, 5.74) is 5.50. The van der Waals surface area contributed by atoms with E-state index in [1.807, 2.05) is 0 Å². The van der Waals surface area contributed by atoms with Gasteiger partial charge in [-0.2, -0.15) is 4.65 Å². The molecule has 4 heteroatoms. The number of quaternary nitrogens is 1. The lowest BCUT2D eigenvalue weighted by molar-refractivity contribution is -1.07. The molecule has 0 bridgehead atoms. The molecular weight excluding hydrogens is 154 g/mol. The first kappa shape index (κ1) is 11.1. The minimum absolute atomic E-state index is 0.176. The molecule has 0 aliphatic rings. The molecular formula is C8H16N3O+. The van der Waals surface area contributed by atoms with Gasteiger partial charge in [0.25, 0.3) is 0 Å². The summed E-state index contributed by atoms with van der Waals surface area (Å²) >= 11 is 0. The van der Waals surface area contributed by atoms with Gasteiger partial charge >= 0.3 is 0 Å². The van der Waals surface area contributed by atoms with Gasteiger partial charge in [-0.05, 0) is 12.1 Å². The molecule has 0 aromatic carbocycles. The Balaban J connectivity index is 3.80. The predicted molar refractivity (Wildman–Crippen MR) is 47.9 cm³/mol. The fourth-order valence-electron chi connectivity index (χ4n) is 0.556. The zero-order chi connectivity index (χ0) is 9.61. The van der Waals surface area contributed by atoms with Gasteiger partial charge in [-0.15, -0.1) is 0 Å². The molecule has 4 N–H and O–H groups in total. The van der Waals surface area contributed by atoms with Crippen molar-refractivity contribution in [2.24, 2.45) is 5.73 Å². The summed E-state index contributed by atoms with van der Waals surface area (Å²) in [7, 11) is 3.27. The van der Waals surface area contributed by atoms with Gasteiger partial charge in [0.05, 0.1) is 20.1 Å². The zero-order valence-corrected chi connectivity index (χ0v) is 7.54. The highest BCUT2D eigenvalue weighted by molar-refractivity contribution is 5.54. The summed E-state index contributed by atoms with van der Waals surface area (Å²) in [4.78, 5) is 0. The molecule has 0 radical (unpaired) electrons. The molecule has 0 amide bonds. The summed E-state index contributed by atoms with van der Waals surface area (Å²) < 4.78 is -0.176. The Morgan fingerprint density at radius 3 is 2.67 bits per heavy atom. The lowest BCUT2D eigenvalue weighted by Crippen LogP contribution is -2.35. The second kappa shape index (κ2) is 4.88. The smallest absolute Gasteiger partial charge is 0.169 e. The van der Waals surface area contributed by atoms with Crippen molar-refractivity contribution >= 4 is 6.21 Å². The van der Waals surface area contributed by atoms with Gasteiger partial charge in [-0.3, -0.25) is 0 Å². The molecule has 0 heterocycles. The Labute approximate surface area is 73.0 Å². The summed E-state index contributed by atoms with van der Waals surface area (Å²) in [5.74, 6) is 5.49. The Morgan fingerprint density at radius 1 is 1.67 bits per heavy atom. The summed E-state index contributed by atoms with van der Waals surface area (Å²) in [6.07, 6.45) is 1.70. The quantitative estimate of drug-likeness (QED) is 0.238. The van der Waals surface area contributed by atoms with Crippen LogP contribution < -0.4 is 5.73 Å². The minimum atomic E-state index is -0.283. The average Bonchev–Trinajstić information content (AvgIpc) is 1.84. The molecule has 0 saturated heterocycles. The van der Waals surface area contributed by atoms with Crippen LogP contribution in [0.1, 0.15) is 6.42 Å². The minimum Gasteiger partial charge on any atom is -0.317 e. The van der Waals surface area contributed by atoms with Gasteiger partial charge in [-0.25, -0.2) is 5.21 Å². The van der Waals surface area contributed by atoms with Crippen LogP contribution in [0.3, 0.4) is 0 Å². The van der Waals surface area contributed by atoms with Crippen molar-refractivity contribution in [3.8, 4) is 11.8 Å². The van der Waals surface area contributed by atoms with E-state index in [1.54, 1.807) is 14.1 Å². The van der Waals surface area contributed by atoms with Gasteiger partial charge in [0.2, 0.25) is 0 Å². The number of hydroxylamine groups is 3. The first-order valence-corrected chi connectivity index (χ1v) is 3.74. The van der Waals surface area contributed by atoms with Gasteiger partial charge in [0.1, 0.15) is 0 Å². The van der Waals surface area contributed by atoms with Gasteiger partial charge < -0.3 is 11.1 Å². The Morgan fingerprint density at radius 2 is 2.25 bits per heavy atom. The van der Waals surface area contributed by atoms with E-state index in [0.717, 1.165) is 0 Å². The second-order valence-corrected chi connectivity index (χ2v) is 3.15. The van der Waals surface area contributed by atoms with E-state index in [-0.39, 0.29) is 10.7 Å². The Hall–Kier alpha value is -0.890. The molecule has 4 nitrogen and oxygen atoms in total. The highest BCUT2D eigenvalue weighted by Crippen LogP contribution is 1.86. The number of hydrogen-bond acceptors (Lipinski definition) is 3. The van der Waals surface area contributed by atoms with Crippen molar-refractivity contribution in [3.05, 3.63) is 0 Å². The zero-order valence-electron chi connectivity index (χ0n) is 7.54. The average molecular weight is 170 g/mol. The Kier molecular flexibility index (Phi) is 4.52. The molecule has 0 rings (SSSR count). The van der Waals surface area contributed by atoms with Gasteiger partial charge in [-0.1, -0.05) is 5.92 Å². The fourth-order valence-corrected chi connectivity index (χ4v) is 0.556. The van der Waals surface area contributed by atoms with Crippen molar-refractivity contribution in [3.63, 3.8) is 0 Å². The second-order valence-electron chi connectivity index (χ2n) is 3.15. The van der Waals surface area contributed by atoms with Crippen molar-refractivity contribution < 1.29 is 9.85 Å². The van der Waals surface area contributed by atoms with Crippen LogP contribution in [0.2, 0.25) is 0 Å². The molecule has 0 aliphatic carbocycles. The summed E-state index contributed by atoms with van der Waals surface area (Å²) in [5, 5.41) is 16.0. The monoisotopic (exact) mass is 170 g/mol. The first-order valence-electron chi connectivity index (χ1n) is 3.74. The molecule has 0 saturated carbocycles. The van der Waals surface area contributed by atoms with E-state index in [2.05, 4.69) is 11.8 Å². The third-order valence-electron chi connectivity index (χ3n) is 1.13. The van der Waals surface area contributed by atoms with Crippen LogP contribution >= 0.6 is 0 Å². The van der Waals surface area contributed by atoms with Crippen molar-refractivity contribution in [1.82, 2.24) is 0 Å². The van der Waals surface area contributed by atoms with Crippen LogP contribution in [0, 0.1) is 17.3 Å². The van der Waals surface area contributed by atoms with Crippen LogP contribution in [0.25, 0.3) is 0 Å². The van der Waals surface area contributed by atoms with E-state index in [4.69, 9.17) is 11.1 Å². The lowest BCUT2D eigenvalue weighted by atomic mass is 10.2. The van der Waals surface area contributed by atoms with Crippen LogP contribution in [-0.4, -0.2) is 42.8 Å². The van der Waals surface area contributed by atoms with Crippen LogP contribution in [0.15, 0.2) is 0 Å². The number of nitrogens with zero attached hydrogens (tertiary/aromatic N) is 1. The number of nitrogens with two attached hydrogens (primary N) is 1. The highest BCUT2D eigenvalue weighted by atomic mass is 16.5. The van der Waals surface area contributed by atoms with E-state index >= 15 is 0 Å². The number of hydrogen-bond donors (Lipinski definition) is 3. The normalized spacial score (nSPS) is 13.0. The molecule has 12 heavy (non-hydrogen) atoms. The molecule has 1 atom stereocenters. The molecule has 0 fully saturated rings. The molecule has 0 aromatic heterocycles. The van der Waals surface area contributed by atoms with Crippen molar-refractivity contribution in [2.45, 2.75) is 12.5 Å². The van der Waals surface area contributed by atoms with Crippen LogP contribution in [-0.2, 0) is 0 Å². The van der Waals surface area contributed by atoms with Gasteiger partial charge in [0, 0.05) is 6.42 Å².